The molecule has 17 heavy (non-hydrogen) atoms. The Morgan fingerprint density at radius 2 is 1.59 bits per heavy atom. The summed E-state index contributed by atoms with van der Waals surface area (Å²) < 4.78 is 17.4. The van der Waals surface area contributed by atoms with Crippen LogP contribution in [0.1, 0.15) is 27.2 Å². The molecule has 0 spiro atoms. The highest BCUT2D eigenvalue weighted by Gasteiger charge is 2.39. The molecule has 0 aliphatic rings. The van der Waals surface area contributed by atoms with E-state index in [1.54, 1.807) is 0 Å². The standard InChI is InChI=1S/C12H28O3Si2/c1-5-10-16-11-9-12-17(13-6-2,14-7-3)15-8-4/h5H,1,6-12,16H2,2-4H3. The maximum atomic E-state index is 5.81. The summed E-state index contributed by atoms with van der Waals surface area (Å²) in [6.45, 7) is 11.8. The Kier molecular flexibility index (Phi) is 11.2. The highest BCUT2D eigenvalue weighted by Crippen LogP contribution is 2.19. The normalized spacial score (nSPS) is 12.4. The highest BCUT2D eigenvalue weighted by molar-refractivity contribution is 6.60. The predicted molar refractivity (Wildman–Crippen MR) is 78.4 cm³/mol. The minimum atomic E-state index is -2.36. The second-order valence-electron chi connectivity index (χ2n) is 3.87. The molecule has 5 heteroatoms. The van der Waals surface area contributed by atoms with Crippen molar-refractivity contribution in [2.75, 3.05) is 19.8 Å². The van der Waals surface area contributed by atoms with Crippen molar-refractivity contribution in [2.24, 2.45) is 0 Å². The summed E-state index contributed by atoms with van der Waals surface area (Å²) in [5.41, 5.74) is 0. The van der Waals surface area contributed by atoms with Gasteiger partial charge in [0.15, 0.2) is 0 Å². The molecule has 0 atom stereocenters. The monoisotopic (exact) mass is 276 g/mol. The van der Waals surface area contributed by atoms with Gasteiger partial charge in [0.1, 0.15) is 0 Å². The molecule has 0 aromatic heterocycles. The lowest BCUT2D eigenvalue weighted by atomic mass is 10.6. The molecule has 0 aromatic carbocycles. The molecule has 0 aliphatic heterocycles. The van der Waals surface area contributed by atoms with Crippen LogP contribution in [-0.2, 0) is 13.3 Å². The lowest BCUT2D eigenvalue weighted by Gasteiger charge is -2.28. The largest absolute Gasteiger partial charge is 0.500 e. The second kappa shape index (κ2) is 11.2. The van der Waals surface area contributed by atoms with Crippen LogP contribution in [0.4, 0.5) is 0 Å². The van der Waals surface area contributed by atoms with E-state index in [0.717, 1.165) is 6.04 Å². The fourth-order valence-corrected chi connectivity index (χ4v) is 6.17. The van der Waals surface area contributed by atoms with Gasteiger partial charge in [-0.25, -0.2) is 0 Å². The van der Waals surface area contributed by atoms with E-state index in [9.17, 15) is 0 Å². The van der Waals surface area contributed by atoms with Gasteiger partial charge in [-0.1, -0.05) is 18.5 Å². The van der Waals surface area contributed by atoms with Crippen molar-refractivity contribution >= 4 is 18.3 Å². The van der Waals surface area contributed by atoms with Crippen LogP contribution in [0.5, 0.6) is 0 Å². The molecule has 0 unspecified atom stereocenters. The third-order valence-corrected chi connectivity index (χ3v) is 7.45. The molecule has 0 heterocycles. The van der Waals surface area contributed by atoms with Gasteiger partial charge in [-0.05, 0) is 26.8 Å². The van der Waals surface area contributed by atoms with Crippen molar-refractivity contribution in [3.8, 4) is 0 Å². The minimum absolute atomic E-state index is 0.0380. The fourth-order valence-electron chi connectivity index (χ4n) is 1.81. The van der Waals surface area contributed by atoms with Gasteiger partial charge in [-0.15, -0.1) is 6.58 Å². The highest BCUT2D eigenvalue weighted by atomic mass is 28.4. The fraction of sp³-hybridized carbons (Fsp3) is 0.833. The molecule has 0 saturated carbocycles. The lowest BCUT2D eigenvalue weighted by Crippen LogP contribution is -2.45. The van der Waals surface area contributed by atoms with Gasteiger partial charge in [0, 0.05) is 35.4 Å². The molecule has 0 fully saturated rings. The first kappa shape index (κ1) is 17.1. The number of hydrogen-bond acceptors (Lipinski definition) is 3. The molecule has 102 valence electrons. The van der Waals surface area contributed by atoms with Crippen molar-refractivity contribution in [1.82, 2.24) is 0 Å². The van der Waals surface area contributed by atoms with Gasteiger partial charge >= 0.3 is 8.80 Å². The smallest absolute Gasteiger partial charge is 0.374 e. The summed E-state index contributed by atoms with van der Waals surface area (Å²) in [7, 11) is -2.32. The van der Waals surface area contributed by atoms with E-state index in [-0.39, 0.29) is 9.52 Å². The van der Waals surface area contributed by atoms with Crippen molar-refractivity contribution < 1.29 is 13.3 Å². The van der Waals surface area contributed by atoms with Crippen LogP contribution in [0, 0.1) is 0 Å². The van der Waals surface area contributed by atoms with Crippen LogP contribution in [-0.4, -0.2) is 38.1 Å². The molecule has 0 N–H and O–H groups in total. The van der Waals surface area contributed by atoms with Crippen molar-refractivity contribution in [3.05, 3.63) is 12.7 Å². The summed E-state index contributed by atoms with van der Waals surface area (Å²) in [6, 6.07) is 3.52. The molecule has 0 radical (unpaired) electrons. The number of hydrogen-bond donors (Lipinski definition) is 0. The zero-order valence-electron chi connectivity index (χ0n) is 11.7. The maximum absolute atomic E-state index is 5.81. The van der Waals surface area contributed by atoms with Gasteiger partial charge in [-0.3, -0.25) is 0 Å². The molecule has 0 aliphatic carbocycles. The van der Waals surface area contributed by atoms with Crippen molar-refractivity contribution in [1.29, 1.82) is 0 Å². The minimum Gasteiger partial charge on any atom is -0.374 e. The Bertz CT molecular complexity index is 172. The van der Waals surface area contributed by atoms with Gasteiger partial charge in [-0.2, -0.15) is 0 Å². The Morgan fingerprint density at radius 3 is 2.00 bits per heavy atom. The Morgan fingerprint density at radius 1 is 1.06 bits per heavy atom. The Balaban J connectivity index is 4.08. The first-order valence-corrected chi connectivity index (χ1v) is 10.7. The first-order chi connectivity index (χ1) is 8.24. The van der Waals surface area contributed by atoms with E-state index >= 15 is 0 Å². The topological polar surface area (TPSA) is 27.7 Å². The summed E-state index contributed by atoms with van der Waals surface area (Å²) in [4.78, 5) is 0. The van der Waals surface area contributed by atoms with Crippen LogP contribution >= 0.6 is 0 Å². The van der Waals surface area contributed by atoms with Gasteiger partial charge in [0.05, 0.1) is 0 Å². The quantitative estimate of drug-likeness (QED) is 0.311. The van der Waals surface area contributed by atoms with Crippen LogP contribution in [0.3, 0.4) is 0 Å². The van der Waals surface area contributed by atoms with Crippen LogP contribution in [0.25, 0.3) is 0 Å². The molecular weight excluding hydrogens is 248 g/mol. The van der Waals surface area contributed by atoms with Gasteiger partial charge < -0.3 is 13.3 Å². The third-order valence-electron chi connectivity index (χ3n) is 2.48. The van der Waals surface area contributed by atoms with Crippen LogP contribution in [0.15, 0.2) is 12.7 Å². The van der Waals surface area contributed by atoms with Crippen LogP contribution < -0.4 is 0 Å². The van der Waals surface area contributed by atoms with E-state index in [2.05, 4.69) is 6.58 Å². The van der Waals surface area contributed by atoms with E-state index in [1.165, 1.54) is 18.5 Å². The zero-order valence-corrected chi connectivity index (χ0v) is 14.1. The van der Waals surface area contributed by atoms with Gasteiger partial charge in [0.25, 0.3) is 0 Å². The molecule has 3 nitrogen and oxygen atoms in total. The Hall–Kier alpha value is 0.0538. The SMILES string of the molecule is C=CC[SiH2]CCC[Si](OCC)(OCC)OCC. The van der Waals surface area contributed by atoms with E-state index in [0.29, 0.717) is 19.8 Å². The maximum Gasteiger partial charge on any atom is 0.500 e. The molecule has 0 saturated heterocycles. The summed E-state index contributed by atoms with van der Waals surface area (Å²) in [6.07, 6.45) is 3.21. The van der Waals surface area contributed by atoms with Crippen LogP contribution in [0.2, 0.25) is 18.1 Å². The van der Waals surface area contributed by atoms with E-state index < -0.39 is 8.80 Å². The third kappa shape index (κ3) is 7.88. The molecule has 0 aromatic rings. The summed E-state index contributed by atoms with van der Waals surface area (Å²) in [5, 5.41) is 0. The molecule has 0 amide bonds. The van der Waals surface area contributed by atoms with Gasteiger partial charge in [0.2, 0.25) is 0 Å². The second-order valence-corrected chi connectivity index (χ2v) is 8.59. The lowest BCUT2D eigenvalue weighted by molar-refractivity contribution is 0.0711. The zero-order chi connectivity index (χ0) is 13.0. The number of rotatable bonds is 12. The summed E-state index contributed by atoms with van der Waals surface area (Å²) >= 11 is 0. The number of allylic oxidation sites excluding steroid dienone is 1. The predicted octanol–water partition coefficient (Wildman–Crippen LogP) is 2.62. The summed E-state index contributed by atoms with van der Waals surface area (Å²) in [5.74, 6) is 0. The van der Waals surface area contributed by atoms with E-state index in [1.807, 2.05) is 26.8 Å². The van der Waals surface area contributed by atoms with Crippen molar-refractivity contribution in [2.45, 2.75) is 45.3 Å². The molecular formula is C12H28O3Si2. The van der Waals surface area contributed by atoms with Crippen molar-refractivity contribution in [3.63, 3.8) is 0 Å². The Labute approximate surface area is 110 Å². The molecule has 0 bridgehead atoms. The average molecular weight is 277 g/mol. The van der Waals surface area contributed by atoms with E-state index in [4.69, 9.17) is 13.3 Å². The molecule has 0 rings (SSSR count). The average Bonchev–Trinajstić information content (AvgIpc) is 2.30. The first-order valence-electron chi connectivity index (χ1n) is 6.77.